The van der Waals surface area contributed by atoms with Crippen LogP contribution in [0.25, 0.3) is 0 Å². The first-order valence-corrected chi connectivity index (χ1v) is 7.98. The first-order chi connectivity index (χ1) is 12.4. The van der Waals surface area contributed by atoms with E-state index in [-0.39, 0.29) is 5.56 Å². The summed E-state index contributed by atoms with van der Waals surface area (Å²) >= 11 is 0. The summed E-state index contributed by atoms with van der Waals surface area (Å²) < 4.78 is 27.4. The molecule has 0 unspecified atom stereocenters. The quantitative estimate of drug-likeness (QED) is 0.696. The monoisotopic (exact) mass is 353 g/mol. The third-order valence-corrected chi connectivity index (χ3v) is 3.71. The molecule has 0 spiro atoms. The summed E-state index contributed by atoms with van der Waals surface area (Å²) in [5.74, 6) is -2.32. The number of nitrogens with zero attached hydrogens (tertiary/aromatic N) is 1. The molecule has 0 saturated carbocycles. The Kier molecular flexibility index (Phi) is 4.93. The summed E-state index contributed by atoms with van der Waals surface area (Å²) in [7, 11) is 0. The summed E-state index contributed by atoms with van der Waals surface area (Å²) in [6.45, 7) is 3.98. The molecule has 0 aliphatic carbocycles. The second-order valence-corrected chi connectivity index (χ2v) is 6.01. The second-order valence-electron chi connectivity index (χ2n) is 6.01. The Morgan fingerprint density at radius 3 is 2.23 bits per heavy atom. The number of aryl methyl sites for hydroxylation is 2. The Bertz CT molecular complexity index is 933. The van der Waals surface area contributed by atoms with Crippen molar-refractivity contribution in [3.05, 3.63) is 83.2 Å². The van der Waals surface area contributed by atoms with E-state index in [0.29, 0.717) is 5.69 Å². The van der Waals surface area contributed by atoms with Crippen molar-refractivity contribution in [3.63, 3.8) is 0 Å². The van der Waals surface area contributed by atoms with Gasteiger partial charge in [-0.25, -0.2) is 8.78 Å². The van der Waals surface area contributed by atoms with E-state index in [1.54, 1.807) is 12.3 Å². The highest BCUT2D eigenvalue weighted by atomic mass is 19.1. The summed E-state index contributed by atoms with van der Waals surface area (Å²) in [6, 6.07) is 10.9. The molecule has 132 valence electrons. The van der Waals surface area contributed by atoms with Gasteiger partial charge in [-0.1, -0.05) is 12.1 Å². The Labute approximate surface area is 149 Å². The molecule has 2 N–H and O–H groups in total. The second kappa shape index (κ2) is 7.31. The smallest absolute Gasteiger partial charge is 0.257 e. The molecule has 3 rings (SSSR count). The standard InChI is InChI=1S/C20H17F2N3O/c1-12-6-13(2)8-15(7-12)24-16-9-14(10-23-11-16)20(26)25-19-17(21)4-3-5-18(19)22/h3-11,24H,1-2H3,(H,25,26). The van der Waals surface area contributed by atoms with Crippen LogP contribution >= 0.6 is 0 Å². The molecule has 2 aromatic carbocycles. The molecule has 1 aromatic heterocycles. The number of anilines is 3. The van der Waals surface area contributed by atoms with Gasteiger partial charge >= 0.3 is 0 Å². The molecule has 6 heteroatoms. The van der Waals surface area contributed by atoms with E-state index in [2.05, 4.69) is 21.7 Å². The van der Waals surface area contributed by atoms with Gasteiger partial charge in [0.25, 0.3) is 5.91 Å². The maximum atomic E-state index is 13.7. The number of carbonyl (C=O) groups is 1. The van der Waals surface area contributed by atoms with Crippen molar-refractivity contribution in [2.75, 3.05) is 10.6 Å². The molecule has 0 bridgehead atoms. The fraction of sp³-hybridized carbons (Fsp3) is 0.100. The van der Waals surface area contributed by atoms with Gasteiger partial charge in [0.1, 0.15) is 17.3 Å². The first kappa shape index (κ1) is 17.5. The summed E-state index contributed by atoms with van der Waals surface area (Å²) in [6.07, 6.45) is 2.90. The van der Waals surface area contributed by atoms with E-state index in [1.165, 1.54) is 12.3 Å². The number of hydrogen-bond acceptors (Lipinski definition) is 3. The fourth-order valence-corrected chi connectivity index (χ4v) is 2.65. The number of rotatable bonds is 4. The lowest BCUT2D eigenvalue weighted by Crippen LogP contribution is -2.14. The van der Waals surface area contributed by atoms with Gasteiger partial charge in [-0.05, 0) is 55.3 Å². The van der Waals surface area contributed by atoms with E-state index in [0.717, 1.165) is 28.9 Å². The molecular formula is C20H17F2N3O. The molecule has 0 aliphatic rings. The Balaban J connectivity index is 1.81. The minimum atomic E-state index is -0.837. The molecule has 0 fully saturated rings. The number of amides is 1. The van der Waals surface area contributed by atoms with Gasteiger partial charge in [0, 0.05) is 11.9 Å². The lowest BCUT2D eigenvalue weighted by molar-refractivity contribution is 0.102. The van der Waals surface area contributed by atoms with Crippen molar-refractivity contribution < 1.29 is 13.6 Å². The van der Waals surface area contributed by atoms with E-state index in [9.17, 15) is 13.6 Å². The minimum Gasteiger partial charge on any atom is -0.354 e. The molecule has 3 aromatic rings. The highest BCUT2D eigenvalue weighted by Crippen LogP contribution is 2.22. The maximum Gasteiger partial charge on any atom is 0.257 e. The number of nitrogens with one attached hydrogen (secondary N) is 2. The SMILES string of the molecule is Cc1cc(C)cc(Nc2cncc(C(=O)Nc3c(F)cccc3F)c2)c1. The number of hydrogen-bond donors (Lipinski definition) is 2. The van der Waals surface area contributed by atoms with Crippen LogP contribution in [0, 0.1) is 25.5 Å². The number of pyridine rings is 1. The highest BCUT2D eigenvalue weighted by Gasteiger charge is 2.14. The van der Waals surface area contributed by atoms with Gasteiger partial charge in [-0.3, -0.25) is 9.78 Å². The van der Waals surface area contributed by atoms with Gasteiger partial charge in [-0.2, -0.15) is 0 Å². The Hall–Kier alpha value is -3.28. The third kappa shape index (κ3) is 4.03. The molecule has 0 saturated heterocycles. The Morgan fingerprint density at radius 1 is 0.923 bits per heavy atom. The van der Waals surface area contributed by atoms with Crippen molar-refractivity contribution >= 4 is 23.0 Å². The van der Waals surface area contributed by atoms with Crippen LogP contribution in [-0.4, -0.2) is 10.9 Å². The predicted octanol–water partition coefficient (Wildman–Crippen LogP) is 4.97. The minimum absolute atomic E-state index is 0.182. The van der Waals surface area contributed by atoms with Crippen molar-refractivity contribution in [1.29, 1.82) is 0 Å². The van der Waals surface area contributed by atoms with Gasteiger partial charge in [0.2, 0.25) is 0 Å². The van der Waals surface area contributed by atoms with Crippen LogP contribution in [0.4, 0.5) is 25.8 Å². The molecule has 1 amide bonds. The fourth-order valence-electron chi connectivity index (χ4n) is 2.65. The van der Waals surface area contributed by atoms with Crippen LogP contribution < -0.4 is 10.6 Å². The van der Waals surface area contributed by atoms with E-state index >= 15 is 0 Å². The molecular weight excluding hydrogens is 336 g/mol. The van der Waals surface area contributed by atoms with Crippen molar-refractivity contribution in [1.82, 2.24) is 4.98 Å². The average molecular weight is 353 g/mol. The normalized spacial score (nSPS) is 10.5. The zero-order valence-corrected chi connectivity index (χ0v) is 14.3. The zero-order chi connectivity index (χ0) is 18.7. The van der Waals surface area contributed by atoms with E-state index in [4.69, 9.17) is 0 Å². The largest absolute Gasteiger partial charge is 0.354 e. The van der Waals surface area contributed by atoms with Gasteiger partial charge in [-0.15, -0.1) is 0 Å². The van der Waals surface area contributed by atoms with Crippen molar-refractivity contribution in [2.24, 2.45) is 0 Å². The average Bonchev–Trinajstić information content (AvgIpc) is 2.57. The van der Waals surface area contributed by atoms with Crippen molar-refractivity contribution in [2.45, 2.75) is 13.8 Å². The van der Waals surface area contributed by atoms with Crippen LogP contribution in [0.2, 0.25) is 0 Å². The van der Waals surface area contributed by atoms with Crippen molar-refractivity contribution in [3.8, 4) is 0 Å². The lowest BCUT2D eigenvalue weighted by Gasteiger charge is -2.11. The third-order valence-electron chi connectivity index (χ3n) is 3.71. The summed E-state index contributed by atoms with van der Waals surface area (Å²) in [5.41, 5.74) is 3.36. The molecule has 1 heterocycles. The Morgan fingerprint density at radius 2 is 1.58 bits per heavy atom. The topological polar surface area (TPSA) is 54.0 Å². The molecule has 4 nitrogen and oxygen atoms in total. The summed E-state index contributed by atoms with van der Waals surface area (Å²) in [4.78, 5) is 16.3. The van der Waals surface area contributed by atoms with Gasteiger partial charge in [0.15, 0.2) is 0 Å². The van der Waals surface area contributed by atoms with Crippen LogP contribution in [0.15, 0.2) is 54.9 Å². The number of aromatic nitrogens is 1. The number of halogens is 2. The predicted molar refractivity (Wildman–Crippen MR) is 97.7 cm³/mol. The van der Waals surface area contributed by atoms with Crippen LogP contribution in [-0.2, 0) is 0 Å². The zero-order valence-electron chi connectivity index (χ0n) is 14.3. The number of para-hydroxylation sites is 1. The lowest BCUT2D eigenvalue weighted by atomic mass is 10.1. The van der Waals surface area contributed by atoms with E-state index < -0.39 is 23.2 Å². The maximum absolute atomic E-state index is 13.7. The summed E-state index contributed by atoms with van der Waals surface area (Å²) in [5, 5.41) is 5.42. The molecule has 0 atom stereocenters. The van der Waals surface area contributed by atoms with Gasteiger partial charge in [0.05, 0.1) is 17.4 Å². The number of carbonyl (C=O) groups excluding carboxylic acids is 1. The highest BCUT2D eigenvalue weighted by molar-refractivity contribution is 6.04. The van der Waals surface area contributed by atoms with Crippen LogP contribution in [0.1, 0.15) is 21.5 Å². The molecule has 26 heavy (non-hydrogen) atoms. The first-order valence-electron chi connectivity index (χ1n) is 7.98. The molecule has 0 aliphatic heterocycles. The van der Waals surface area contributed by atoms with Crippen LogP contribution in [0.5, 0.6) is 0 Å². The van der Waals surface area contributed by atoms with Gasteiger partial charge < -0.3 is 10.6 Å². The van der Waals surface area contributed by atoms with Crippen LogP contribution in [0.3, 0.4) is 0 Å². The number of benzene rings is 2. The van der Waals surface area contributed by atoms with E-state index in [1.807, 2.05) is 26.0 Å². The molecule has 0 radical (unpaired) electrons.